The van der Waals surface area contributed by atoms with Gasteiger partial charge < -0.3 is 19.5 Å². The van der Waals surface area contributed by atoms with Crippen LogP contribution in [0.5, 0.6) is 17.2 Å². The van der Waals surface area contributed by atoms with Crippen LogP contribution in [-0.4, -0.2) is 53.0 Å². The molecule has 1 aliphatic rings. The molecule has 30 heavy (non-hydrogen) atoms. The molecule has 1 aliphatic heterocycles. The largest absolute Gasteiger partial charge is 0.493 e. The normalized spacial score (nSPS) is 15.6. The number of carbonyl (C=O) groups is 1. The summed E-state index contributed by atoms with van der Waals surface area (Å²) in [4.78, 5) is 12.7. The summed E-state index contributed by atoms with van der Waals surface area (Å²) in [5.74, 6) is 1.20. The highest BCUT2D eigenvalue weighted by Crippen LogP contribution is 2.39. The van der Waals surface area contributed by atoms with Gasteiger partial charge >= 0.3 is 0 Å². The van der Waals surface area contributed by atoms with Crippen LogP contribution in [-0.2, 0) is 21.4 Å². The molecule has 0 unspecified atom stereocenters. The van der Waals surface area contributed by atoms with Crippen LogP contribution >= 0.6 is 11.3 Å². The van der Waals surface area contributed by atoms with E-state index >= 15 is 0 Å². The first-order valence-corrected chi connectivity index (χ1v) is 11.8. The van der Waals surface area contributed by atoms with Gasteiger partial charge in [-0.1, -0.05) is 6.07 Å². The van der Waals surface area contributed by atoms with Crippen molar-refractivity contribution in [2.75, 3.05) is 34.4 Å². The van der Waals surface area contributed by atoms with E-state index in [2.05, 4.69) is 5.32 Å². The number of hydrogen-bond donors (Lipinski definition) is 1. The average molecular weight is 455 g/mol. The highest BCUT2D eigenvalue weighted by atomic mass is 32.2. The van der Waals surface area contributed by atoms with Gasteiger partial charge in [-0.2, -0.15) is 4.31 Å². The predicted molar refractivity (Wildman–Crippen MR) is 114 cm³/mol. The molecule has 0 saturated carbocycles. The Bertz CT molecular complexity index is 967. The van der Waals surface area contributed by atoms with E-state index < -0.39 is 10.0 Å². The van der Waals surface area contributed by atoms with Crippen molar-refractivity contribution in [3.63, 3.8) is 0 Å². The number of ether oxygens (including phenoxy) is 3. The van der Waals surface area contributed by atoms with Gasteiger partial charge in [-0.25, -0.2) is 8.42 Å². The molecule has 1 aromatic heterocycles. The highest BCUT2D eigenvalue weighted by molar-refractivity contribution is 7.91. The standard InChI is InChI=1S/C20H26N2O6S2/c1-26-16-7-6-15(18(27-2)19(16)28-3)13-21-20(23)14-8-10-22(11-9-14)30(24,25)17-5-4-12-29-17/h4-7,12,14H,8-11,13H2,1-3H3,(H,21,23). The minimum absolute atomic E-state index is 0.0972. The Labute approximate surface area is 180 Å². The molecule has 0 radical (unpaired) electrons. The Morgan fingerprint density at radius 3 is 2.37 bits per heavy atom. The molecule has 164 valence electrons. The number of carbonyl (C=O) groups excluding carboxylic acids is 1. The first-order valence-electron chi connectivity index (χ1n) is 9.51. The maximum atomic E-state index is 12.7. The second-order valence-corrected chi connectivity index (χ2v) is 9.93. The van der Waals surface area contributed by atoms with Gasteiger partial charge in [-0.05, 0) is 36.4 Å². The predicted octanol–water partition coefficient (Wildman–Crippen LogP) is 2.49. The maximum Gasteiger partial charge on any atom is 0.252 e. The van der Waals surface area contributed by atoms with E-state index in [0.717, 1.165) is 5.56 Å². The van der Waals surface area contributed by atoms with E-state index in [4.69, 9.17) is 14.2 Å². The fourth-order valence-electron chi connectivity index (χ4n) is 3.52. The molecular weight excluding hydrogens is 428 g/mol. The Kier molecular flexibility index (Phi) is 7.22. The zero-order valence-electron chi connectivity index (χ0n) is 17.2. The lowest BCUT2D eigenvalue weighted by molar-refractivity contribution is -0.126. The third kappa shape index (κ3) is 4.55. The molecule has 3 rings (SSSR count). The van der Waals surface area contributed by atoms with Crippen LogP contribution in [0.4, 0.5) is 0 Å². The van der Waals surface area contributed by atoms with Crippen LogP contribution in [0.1, 0.15) is 18.4 Å². The van der Waals surface area contributed by atoms with E-state index in [-0.39, 0.29) is 18.4 Å². The van der Waals surface area contributed by atoms with Crippen molar-refractivity contribution >= 4 is 27.3 Å². The van der Waals surface area contributed by atoms with Crippen LogP contribution in [0.15, 0.2) is 33.9 Å². The fraction of sp³-hybridized carbons (Fsp3) is 0.450. The summed E-state index contributed by atoms with van der Waals surface area (Å²) in [5.41, 5.74) is 0.765. The molecular formula is C20H26N2O6S2. The maximum absolute atomic E-state index is 12.7. The number of nitrogens with zero attached hydrogens (tertiary/aromatic N) is 1. The van der Waals surface area contributed by atoms with Crippen molar-refractivity contribution < 1.29 is 27.4 Å². The van der Waals surface area contributed by atoms with Crippen LogP contribution < -0.4 is 19.5 Å². The van der Waals surface area contributed by atoms with Gasteiger partial charge in [0.15, 0.2) is 11.5 Å². The Morgan fingerprint density at radius 2 is 1.80 bits per heavy atom. The number of thiophene rings is 1. The number of amides is 1. The summed E-state index contributed by atoms with van der Waals surface area (Å²) in [6, 6.07) is 6.91. The van der Waals surface area contributed by atoms with E-state index in [0.29, 0.717) is 47.4 Å². The summed E-state index contributed by atoms with van der Waals surface area (Å²) in [7, 11) is 1.14. The minimum Gasteiger partial charge on any atom is -0.493 e. The first-order chi connectivity index (χ1) is 14.4. The van der Waals surface area contributed by atoms with E-state index in [9.17, 15) is 13.2 Å². The molecule has 1 amide bonds. The second kappa shape index (κ2) is 9.67. The molecule has 0 atom stereocenters. The molecule has 0 aliphatic carbocycles. The van der Waals surface area contributed by atoms with Gasteiger partial charge in [-0.15, -0.1) is 11.3 Å². The van der Waals surface area contributed by atoms with Crippen LogP contribution in [0.25, 0.3) is 0 Å². The Hall–Kier alpha value is -2.30. The first kappa shape index (κ1) is 22.4. The Balaban J connectivity index is 1.60. The number of piperidine rings is 1. The van der Waals surface area contributed by atoms with Crippen LogP contribution in [0.2, 0.25) is 0 Å². The van der Waals surface area contributed by atoms with Gasteiger partial charge in [0, 0.05) is 31.1 Å². The average Bonchev–Trinajstić information content (AvgIpc) is 3.32. The third-order valence-electron chi connectivity index (χ3n) is 5.15. The van der Waals surface area contributed by atoms with Crippen LogP contribution in [0, 0.1) is 5.92 Å². The molecule has 0 spiro atoms. The lowest BCUT2D eigenvalue weighted by atomic mass is 9.97. The lowest BCUT2D eigenvalue weighted by Gasteiger charge is -2.30. The summed E-state index contributed by atoms with van der Waals surface area (Å²) < 4.78 is 43.1. The highest BCUT2D eigenvalue weighted by Gasteiger charge is 2.32. The van der Waals surface area contributed by atoms with Crippen molar-refractivity contribution in [2.45, 2.75) is 23.6 Å². The van der Waals surface area contributed by atoms with Crippen molar-refractivity contribution in [1.82, 2.24) is 9.62 Å². The van der Waals surface area contributed by atoms with E-state index in [1.165, 1.54) is 29.9 Å². The van der Waals surface area contributed by atoms with Crippen molar-refractivity contribution in [3.05, 3.63) is 35.2 Å². The molecule has 8 nitrogen and oxygen atoms in total. The topological polar surface area (TPSA) is 94.2 Å². The minimum atomic E-state index is -3.47. The van der Waals surface area contributed by atoms with E-state index in [1.807, 2.05) is 6.07 Å². The van der Waals surface area contributed by atoms with Crippen molar-refractivity contribution in [1.29, 1.82) is 0 Å². The fourth-order valence-corrected chi connectivity index (χ4v) is 6.14. The quantitative estimate of drug-likeness (QED) is 0.659. The Morgan fingerprint density at radius 1 is 1.10 bits per heavy atom. The summed E-state index contributed by atoms with van der Waals surface area (Å²) in [6.07, 6.45) is 0.971. The monoisotopic (exact) mass is 454 g/mol. The van der Waals surface area contributed by atoms with Gasteiger partial charge in [0.1, 0.15) is 4.21 Å². The molecule has 2 heterocycles. The lowest BCUT2D eigenvalue weighted by Crippen LogP contribution is -2.42. The SMILES string of the molecule is COc1ccc(CNC(=O)C2CCN(S(=O)(=O)c3cccs3)CC2)c(OC)c1OC. The molecule has 1 saturated heterocycles. The molecule has 1 N–H and O–H groups in total. The zero-order chi connectivity index (χ0) is 21.7. The second-order valence-electron chi connectivity index (χ2n) is 6.82. The van der Waals surface area contributed by atoms with E-state index in [1.54, 1.807) is 30.7 Å². The summed E-state index contributed by atoms with van der Waals surface area (Å²) >= 11 is 1.21. The van der Waals surface area contributed by atoms with Gasteiger partial charge in [-0.3, -0.25) is 4.79 Å². The molecule has 1 aromatic carbocycles. The number of hydrogen-bond acceptors (Lipinski definition) is 7. The van der Waals surface area contributed by atoms with Gasteiger partial charge in [0.2, 0.25) is 11.7 Å². The zero-order valence-corrected chi connectivity index (χ0v) is 18.8. The summed E-state index contributed by atoms with van der Waals surface area (Å²) in [5, 5.41) is 4.68. The number of nitrogens with one attached hydrogen (secondary N) is 1. The van der Waals surface area contributed by atoms with Crippen molar-refractivity contribution in [2.24, 2.45) is 5.92 Å². The molecule has 0 bridgehead atoms. The van der Waals surface area contributed by atoms with Gasteiger partial charge in [0.25, 0.3) is 10.0 Å². The number of sulfonamides is 1. The number of benzene rings is 1. The smallest absolute Gasteiger partial charge is 0.252 e. The molecule has 10 heteroatoms. The number of rotatable bonds is 8. The van der Waals surface area contributed by atoms with Crippen LogP contribution in [0.3, 0.4) is 0 Å². The summed E-state index contributed by atoms with van der Waals surface area (Å²) in [6.45, 7) is 0.937. The third-order valence-corrected chi connectivity index (χ3v) is 8.42. The van der Waals surface area contributed by atoms with Crippen molar-refractivity contribution in [3.8, 4) is 17.2 Å². The molecule has 2 aromatic rings. The number of methoxy groups -OCH3 is 3. The van der Waals surface area contributed by atoms with Gasteiger partial charge in [0.05, 0.1) is 21.3 Å². The molecule has 1 fully saturated rings.